The van der Waals surface area contributed by atoms with E-state index in [9.17, 15) is 10.1 Å². The third-order valence-electron chi connectivity index (χ3n) is 3.85. The molecule has 0 bridgehead atoms. The molecule has 0 saturated carbocycles. The van der Waals surface area contributed by atoms with Crippen LogP contribution in [-0.2, 0) is 0 Å². The molecule has 0 aliphatic carbocycles. The van der Waals surface area contributed by atoms with Crippen molar-refractivity contribution in [2.45, 2.75) is 25.3 Å². The second-order valence-electron chi connectivity index (χ2n) is 5.03. The first kappa shape index (κ1) is 14.6. The number of para-hydroxylation sites is 1. The first-order valence-corrected chi connectivity index (χ1v) is 6.90. The van der Waals surface area contributed by atoms with Crippen LogP contribution < -0.4 is 15.0 Å². The van der Waals surface area contributed by atoms with Gasteiger partial charge in [-0.25, -0.2) is 0 Å². The zero-order valence-electron chi connectivity index (χ0n) is 12.0. The summed E-state index contributed by atoms with van der Waals surface area (Å²) in [7, 11) is 3.39. The number of nitro groups is 1. The summed E-state index contributed by atoms with van der Waals surface area (Å²) < 4.78 is 5.13. The van der Waals surface area contributed by atoms with Gasteiger partial charge in [0.1, 0.15) is 5.69 Å². The van der Waals surface area contributed by atoms with Crippen molar-refractivity contribution in [3.63, 3.8) is 0 Å². The fourth-order valence-corrected chi connectivity index (χ4v) is 2.73. The van der Waals surface area contributed by atoms with Crippen LogP contribution in [0.5, 0.6) is 5.75 Å². The van der Waals surface area contributed by atoms with E-state index in [1.165, 1.54) is 7.11 Å². The summed E-state index contributed by atoms with van der Waals surface area (Å²) in [4.78, 5) is 13.0. The molecule has 1 heterocycles. The van der Waals surface area contributed by atoms with Crippen molar-refractivity contribution >= 4 is 11.4 Å². The van der Waals surface area contributed by atoms with E-state index < -0.39 is 0 Å². The number of anilines is 1. The number of nitrogens with one attached hydrogen (secondary N) is 1. The minimum Gasteiger partial charge on any atom is -0.490 e. The highest BCUT2D eigenvalue weighted by atomic mass is 16.6. The quantitative estimate of drug-likeness (QED) is 0.676. The maximum Gasteiger partial charge on any atom is 0.333 e. The molecule has 1 atom stereocenters. The summed E-state index contributed by atoms with van der Waals surface area (Å²) >= 11 is 0. The van der Waals surface area contributed by atoms with Gasteiger partial charge in [0.15, 0.2) is 5.75 Å². The minimum atomic E-state index is -0.361. The van der Waals surface area contributed by atoms with Gasteiger partial charge in [0.2, 0.25) is 0 Å². The highest BCUT2D eigenvalue weighted by Gasteiger charge is 2.27. The third-order valence-corrected chi connectivity index (χ3v) is 3.85. The van der Waals surface area contributed by atoms with E-state index in [0.29, 0.717) is 17.5 Å². The lowest BCUT2D eigenvalue weighted by Gasteiger charge is -2.29. The van der Waals surface area contributed by atoms with Crippen LogP contribution in [-0.4, -0.2) is 38.2 Å². The van der Waals surface area contributed by atoms with E-state index in [0.717, 1.165) is 32.4 Å². The van der Waals surface area contributed by atoms with Crippen molar-refractivity contribution in [1.29, 1.82) is 0 Å². The summed E-state index contributed by atoms with van der Waals surface area (Å²) in [6.45, 7) is 1.97. The molecule has 6 heteroatoms. The van der Waals surface area contributed by atoms with Gasteiger partial charge in [-0.1, -0.05) is 6.07 Å². The highest BCUT2D eigenvalue weighted by molar-refractivity contribution is 5.69. The van der Waals surface area contributed by atoms with Gasteiger partial charge in [0.25, 0.3) is 0 Å². The van der Waals surface area contributed by atoms with Gasteiger partial charge in [-0.15, -0.1) is 0 Å². The van der Waals surface area contributed by atoms with Crippen LogP contribution >= 0.6 is 0 Å². The molecular formula is C14H21N3O3. The zero-order chi connectivity index (χ0) is 14.5. The minimum absolute atomic E-state index is 0.0507. The van der Waals surface area contributed by atoms with E-state index >= 15 is 0 Å². The van der Waals surface area contributed by atoms with E-state index in [1.807, 2.05) is 11.9 Å². The van der Waals surface area contributed by atoms with E-state index in [4.69, 9.17) is 4.74 Å². The van der Waals surface area contributed by atoms with Gasteiger partial charge in [-0.05, 0) is 44.5 Å². The summed E-state index contributed by atoms with van der Waals surface area (Å²) in [5.41, 5.74) is 0.677. The van der Waals surface area contributed by atoms with Crippen LogP contribution in [0.1, 0.15) is 19.3 Å². The van der Waals surface area contributed by atoms with Gasteiger partial charge in [-0.3, -0.25) is 10.1 Å². The molecular weight excluding hydrogens is 258 g/mol. The molecule has 1 aliphatic rings. The molecule has 0 aromatic heterocycles. The van der Waals surface area contributed by atoms with Crippen LogP contribution in [0.3, 0.4) is 0 Å². The van der Waals surface area contributed by atoms with Crippen LogP contribution in [0.4, 0.5) is 11.4 Å². The lowest BCUT2D eigenvalue weighted by molar-refractivity contribution is -0.385. The number of rotatable bonds is 4. The zero-order valence-corrected chi connectivity index (χ0v) is 12.0. The van der Waals surface area contributed by atoms with Crippen molar-refractivity contribution in [2.75, 3.05) is 32.1 Å². The first-order valence-electron chi connectivity index (χ1n) is 6.90. The number of nitrogens with zero attached hydrogens (tertiary/aromatic N) is 2. The summed E-state index contributed by atoms with van der Waals surface area (Å²) in [6, 6.07) is 5.53. The Morgan fingerprint density at radius 2 is 2.20 bits per heavy atom. The molecule has 0 spiro atoms. The van der Waals surface area contributed by atoms with Crippen LogP contribution in [0.15, 0.2) is 18.2 Å². The first-order chi connectivity index (χ1) is 9.65. The predicted molar refractivity (Wildman–Crippen MR) is 78.6 cm³/mol. The lowest BCUT2D eigenvalue weighted by atomic mass is 10.1. The Morgan fingerprint density at radius 3 is 2.90 bits per heavy atom. The Labute approximate surface area is 118 Å². The second-order valence-corrected chi connectivity index (χ2v) is 5.03. The number of nitro benzene ring substituents is 1. The largest absolute Gasteiger partial charge is 0.490 e. The van der Waals surface area contributed by atoms with Crippen molar-refractivity contribution < 1.29 is 9.66 Å². The second kappa shape index (κ2) is 6.56. The normalized spacial score (nSPS) is 19.2. The van der Waals surface area contributed by atoms with E-state index in [2.05, 4.69) is 5.32 Å². The molecule has 1 fully saturated rings. The SMILES string of the molecule is COc1cccc(N(C)C2CCCNCC2)c1[N+](=O)[O-]. The molecule has 20 heavy (non-hydrogen) atoms. The van der Waals surface area contributed by atoms with E-state index in [-0.39, 0.29) is 10.6 Å². The molecule has 1 aromatic rings. The van der Waals surface area contributed by atoms with Crippen molar-refractivity contribution in [1.82, 2.24) is 5.32 Å². The average Bonchev–Trinajstić information content (AvgIpc) is 2.74. The molecule has 1 unspecified atom stereocenters. The number of hydrogen-bond donors (Lipinski definition) is 1. The molecule has 1 N–H and O–H groups in total. The van der Waals surface area contributed by atoms with E-state index in [1.54, 1.807) is 18.2 Å². The van der Waals surface area contributed by atoms with Gasteiger partial charge in [0.05, 0.1) is 12.0 Å². The fraction of sp³-hybridized carbons (Fsp3) is 0.571. The number of benzene rings is 1. The summed E-state index contributed by atoms with van der Waals surface area (Å²) in [5.74, 6) is 0.311. The van der Waals surface area contributed by atoms with Crippen LogP contribution in [0, 0.1) is 10.1 Å². The van der Waals surface area contributed by atoms with Crippen molar-refractivity contribution in [3.8, 4) is 5.75 Å². The van der Waals surface area contributed by atoms with Gasteiger partial charge in [0, 0.05) is 13.1 Å². The van der Waals surface area contributed by atoms with Gasteiger partial charge in [-0.2, -0.15) is 0 Å². The van der Waals surface area contributed by atoms with Crippen LogP contribution in [0.25, 0.3) is 0 Å². The third kappa shape index (κ3) is 3.01. The molecule has 1 aliphatic heterocycles. The molecule has 1 aromatic carbocycles. The Balaban J connectivity index is 2.32. The predicted octanol–water partition coefficient (Wildman–Crippen LogP) is 2.18. The molecule has 110 valence electrons. The highest BCUT2D eigenvalue weighted by Crippen LogP contribution is 2.37. The monoisotopic (exact) mass is 279 g/mol. The average molecular weight is 279 g/mol. The smallest absolute Gasteiger partial charge is 0.333 e. The molecule has 1 saturated heterocycles. The molecule has 0 radical (unpaired) electrons. The Bertz CT molecular complexity index is 471. The molecule has 0 amide bonds. The number of hydrogen-bond acceptors (Lipinski definition) is 5. The number of methoxy groups -OCH3 is 1. The maximum absolute atomic E-state index is 11.3. The Kier molecular flexibility index (Phi) is 4.79. The Morgan fingerprint density at radius 1 is 1.40 bits per heavy atom. The summed E-state index contributed by atoms with van der Waals surface area (Å²) in [5, 5.41) is 14.7. The van der Waals surface area contributed by atoms with Gasteiger partial charge >= 0.3 is 5.69 Å². The van der Waals surface area contributed by atoms with Gasteiger partial charge < -0.3 is 15.0 Å². The topological polar surface area (TPSA) is 67.6 Å². The molecule has 2 rings (SSSR count). The van der Waals surface area contributed by atoms with Crippen molar-refractivity contribution in [2.24, 2.45) is 0 Å². The number of ether oxygens (including phenoxy) is 1. The maximum atomic E-state index is 11.3. The summed E-state index contributed by atoms with van der Waals surface area (Å²) in [6.07, 6.45) is 3.12. The molecule has 6 nitrogen and oxygen atoms in total. The Hall–Kier alpha value is -1.82. The van der Waals surface area contributed by atoms with Crippen LogP contribution in [0.2, 0.25) is 0 Å². The fourth-order valence-electron chi connectivity index (χ4n) is 2.73. The van der Waals surface area contributed by atoms with Crippen molar-refractivity contribution in [3.05, 3.63) is 28.3 Å². The standard InChI is InChI=1S/C14H21N3O3/c1-16(11-5-4-9-15-10-8-11)12-6-3-7-13(20-2)14(12)17(18)19/h3,6-7,11,15H,4-5,8-10H2,1-2H3. The lowest BCUT2D eigenvalue weighted by Crippen LogP contribution is -2.32.